The molecule has 0 amide bonds. The van der Waals surface area contributed by atoms with Crippen molar-refractivity contribution in [2.45, 2.75) is 196 Å². The first-order chi connectivity index (χ1) is 41.4. The Kier molecular flexibility index (Phi) is 19.0. The molecule has 0 bridgehead atoms. The van der Waals surface area contributed by atoms with Gasteiger partial charge in [-0.2, -0.15) is 0 Å². The van der Waals surface area contributed by atoms with Crippen LogP contribution in [0.15, 0.2) is 127 Å². The number of aromatic nitrogens is 2. The van der Waals surface area contributed by atoms with Crippen LogP contribution in [0, 0.1) is 51.5 Å². The summed E-state index contributed by atoms with van der Waals surface area (Å²) in [6.07, 6.45) is 14.9. The molecule has 89 heavy (non-hydrogen) atoms. The molecule has 0 aliphatic heterocycles. The third-order valence-electron chi connectivity index (χ3n) is 19.4. The number of carbonyl (C=O) groups is 1. The predicted octanol–water partition coefficient (Wildman–Crippen LogP) is 23.1. The Morgan fingerprint density at radius 3 is 1.33 bits per heavy atom. The number of nitrogens with zero attached hydrogens (tertiary/aromatic N) is 2. The fourth-order valence-electron chi connectivity index (χ4n) is 13.9. The molecule has 5 heteroatoms. The number of pyridine rings is 2. The summed E-state index contributed by atoms with van der Waals surface area (Å²) in [4.78, 5) is 22.2. The number of hydrogen-bond donors (Lipinski definition) is 1. The van der Waals surface area contributed by atoms with Crippen LogP contribution in [-0.4, -0.2) is 20.9 Å². The van der Waals surface area contributed by atoms with E-state index in [0.717, 1.165) is 75.6 Å². The third kappa shape index (κ3) is 13.7. The molecule has 0 fully saturated rings. The summed E-state index contributed by atoms with van der Waals surface area (Å²) >= 11 is 0. The number of benzene rings is 8. The van der Waals surface area contributed by atoms with Gasteiger partial charge in [0, 0.05) is 60.8 Å². The van der Waals surface area contributed by atoms with Gasteiger partial charge < -0.3 is 5.11 Å². The molecule has 10 aromatic rings. The van der Waals surface area contributed by atoms with E-state index in [2.05, 4.69) is 205 Å². The molecule has 467 valence electrons. The molecular weight excluding hydrogens is 1260 g/mol. The minimum absolute atomic E-state index is 0. The zero-order chi connectivity index (χ0) is 63.6. The van der Waals surface area contributed by atoms with Gasteiger partial charge in [-0.05, 0) is 170 Å². The van der Waals surface area contributed by atoms with Crippen molar-refractivity contribution in [2.75, 3.05) is 0 Å². The normalized spacial score (nSPS) is 13.4. The predicted molar refractivity (Wildman–Crippen MR) is 378 cm³/mol. The average Bonchev–Trinajstić information content (AvgIpc) is 0.784. The Hall–Kier alpha value is -6.52. The van der Waals surface area contributed by atoms with E-state index in [4.69, 9.17) is 9.97 Å². The monoisotopic (exact) mass is 1360 g/mol. The van der Waals surface area contributed by atoms with Gasteiger partial charge in [0.1, 0.15) is 5.76 Å². The molecule has 1 N–H and O–H groups in total. The maximum atomic E-state index is 12.2. The van der Waals surface area contributed by atoms with Crippen molar-refractivity contribution in [3.8, 4) is 22.5 Å². The van der Waals surface area contributed by atoms with Crippen LogP contribution in [0.25, 0.3) is 87.1 Å². The third-order valence-corrected chi connectivity index (χ3v) is 19.4. The SMILES string of the molecule is CC(C)(C)Cc1c2c([c-]c3ccccc13)-c1nccc3c1c(cc1c(CC(C)(C)C)cccc13)C2.CCC(C)(CC)C(=O)/C=C(\O)C(C)(CC)CC.Cc1ccc2c(CC(C)(C)C)c3c([c-]c2c1)-c1nccc2c1c(cc1c(CC(C)(C)C)cccc12)C3.[Ir]. The zero-order valence-corrected chi connectivity index (χ0v) is 59.6. The summed E-state index contributed by atoms with van der Waals surface area (Å²) < 4.78 is 0. The van der Waals surface area contributed by atoms with E-state index in [1.54, 1.807) is 0 Å². The Morgan fingerprint density at radius 1 is 0.472 bits per heavy atom. The Labute approximate surface area is 547 Å². The number of fused-ring (bicyclic) bond motifs is 10. The van der Waals surface area contributed by atoms with Crippen LogP contribution >= 0.6 is 0 Å². The van der Waals surface area contributed by atoms with Gasteiger partial charge >= 0.3 is 0 Å². The second kappa shape index (κ2) is 25.3. The Bertz CT molecular complexity index is 4370. The summed E-state index contributed by atoms with van der Waals surface area (Å²) in [5, 5.41) is 26.0. The fourth-order valence-corrected chi connectivity index (χ4v) is 13.9. The molecule has 4 nitrogen and oxygen atoms in total. The van der Waals surface area contributed by atoms with Crippen LogP contribution in [0.3, 0.4) is 0 Å². The van der Waals surface area contributed by atoms with E-state index in [0.29, 0.717) is 0 Å². The summed E-state index contributed by atoms with van der Waals surface area (Å²) in [6, 6.07) is 46.3. The van der Waals surface area contributed by atoms with Crippen molar-refractivity contribution < 1.29 is 30.0 Å². The van der Waals surface area contributed by atoms with E-state index in [9.17, 15) is 9.90 Å². The number of rotatable bonds is 11. The number of allylic oxidation sites excluding steroid dienone is 2. The second-order valence-corrected chi connectivity index (χ2v) is 31.5. The molecule has 0 unspecified atom stereocenters. The molecular formula is C84H98IrN2O2-2. The minimum Gasteiger partial charge on any atom is -0.512 e. The van der Waals surface area contributed by atoms with Gasteiger partial charge in [0.15, 0.2) is 5.78 Å². The molecule has 0 spiro atoms. The van der Waals surface area contributed by atoms with Crippen LogP contribution < -0.4 is 0 Å². The molecule has 2 aliphatic carbocycles. The number of aliphatic hydroxyl groups is 1. The Balaban J connectivity index is 0.000000168. The summed E-state index contributed by atoms with van der Waals surface area (Å²) in [7, 11) is 0. The van der Waals surface area contributed by atoms with Crippen molar-refractivity contribution in [3.63, 3.8) is 0 Å². The topological polar surface area (TPSA) is 63.1 Å². The molecule has 0 atom stereocenters. The summed E-state index contributed by atoms with van der Waals surface area (Å²) in [5.41, 5.74) is 17.6. The first-order valence-electron chi connectivity index (χ1n) is 32.9. The van der Waals surface area contributed by atoms with Crippen LogP contribution in [0.5, 0.6) is 0 Å². The fraction of sp³-hybridized carbons (Fsp3) is 0.417. The van der Waals surface area contributed by atoms with Crippen LogP contribution in [-0.2, 0) is 63.4 Å². The average molecular weight is 1360 g/mol. The maximum Gasteiger partial charge on any atom is 0.164 e. The van der Waals surface area contributed by atoms with E-state index in [-0.39, 0.29) is 64.1 Å². The van der Waals surface area contributed by atoms with Crippen LogP contribution in [0.1, 0.15) is 200 Å². The molecule has 2 heterocycles. The van der Waals surface area contributed by atoms with E-state index >= 15 is 0 Å². The molecule has 8 aromatic carbocycles. The van der Waals surface area contributed by atoms with Gasteiger partial charge in [0.2, 0.25) is 0 Å². The van der Waals surface area contributed by atoms with Crippen molar-refractivity contribution in [1.82, 2.24) is 9.97 Å². The molecule has 0 saturated carbocycles. The molecule has 0 saturated heterocycles. The van der Waals surface area contributed by atoms with Crippen molar-refractivity contribution in [2.24, 2.45) is 32.5 Å². The molecule has 2 aromatic heterocycles. The summed E-state index contributed by atoms with van der Waals surface area (Å²) in [5.74, 6) is 0.286. The number of carbonyl (C=O) groups excluding carboxylic acids is 1. The van der Waals surface area contributed by atoms with E-state index < -0.39 is 0 Å². The minimum atomic E-state index is -0.337. The van der Waals surface area contributed by atoms with Gasteiger partial charge in [0.25, 0.3) is 0 Å². The first kappa shape index (κ1) is 66.9. The number of aliphatic hydroxyl groups excluding tert-OH is 1. The van der Waals surface area contributed by atoms with Gasteiger partial charge in [-0.1, -0.05) is 231 Å². The largest absolute Gasteiger partial charge is 0.512 e. The number of ketones is 1. The molecule has 12 rings (SSSR count). The Morgan fingerprint density at radius 2 is 0.888 bits per heavy atom. The van der Waals surface area contributed by atoms with Gasteiger partial charge in [0.05, 0.1) is 0 Å². The maximum absolute atomic E-state index is 12.2. The first-order valence-corrected chi connectivity index (χ1v) is 32.9. The van der Waals surface area contributed by atoms with Crippen LogP contribution in [0.2, 0.25) is 0 Å². The van der Waals surface area contributed by atoms with Gasteiger partial charge in [-0.15, -0.1) is 57.3 Å². The standard InChI is InChI=1S/C35H36N.C34H34N.C15H28O2.Ir/c1-21-11-12-25-23(15-21)16-30-29(31(25)20-35(5,6)7)18-24-17-28-22(19-34(2,3)4)9-8-10-26(28)27-13-14-36-33(30)32(24)27;1-33(2,3)19-22-11-9-13-25-26-14-15-35-32-29-16-21-10-7-8-12-24(21)30(20-34(4,5)6)28(29)18-23(31(26)32)17-27(22)25;1-7-14(5,8-2)12(16)11-13(17)15(6,9-3)10-4;/h8-15,17H,18-20H2,1-7H3;7-15,17H,18-20H2,1-6H3;11,16H,7-10H2,1-6H3;/q2*-1;;/b;;12-11-;. The number of aryl methyl sites for hydroxylation is 1. The molecule has 1 radical (unpaired) electrons. The molecule has 2 aliphatic rings. The quantitative estimate of drug-likeness (QED) is 0.0607. The van der Waals surface area contributed by atoms with Gasteiger partial charge in [-0.3, -0.25) is 14.8 Å². The van der Waals surface area contributed by atoms with Crippen molar-refractivity contribution in [3.05, 3.63) is 190 Å². The summed E-state index contributed by atoms with van der Waals surface area (Å²) in [6.45, 7) is 42.3. The zero-order valence-electron chi connectivity index (χ0n) is 57.2. The van der Waals surface area contributed by atoms with Crippen molar-refractivity contribution >= 4 is 70.4 Å². The van der Waals surface area contributed by atoms with Crippen molar-refractivity contribution in [1.29, 1.82) is 0 Å². The van der Waals surface area contributed by atoms with E-state index in [1.807, 2.05) is 53.9 Å². The number of hydrogen-bond acceptors (Lipinski definition) is 4. The van der Waals surface area contributed by atoms with Crippen LogP contribution in [0.4, 0.5) is 0 Å². The van der Waals surface area contributed by atoms with Gasteiger partial charge in [-0.25, -0.2) is 0 Å². The van der Waals surface area contributed by atoms with E-state index in [1.165, 1.54) is 132 Å². The second-order valence-electron chi connectivity index (χ2n) is 31.5. The smallest absolute Gasteiger partial charge is 0.164 e.